The first-order valence-corrected chi connectivity index (χ1v) is 9.50. The van der Waals surface area contributed by atoms with Gasteiger partial charge in [-0.25, -0.2) is 8.42 Å². The molecule has 0 amide bonds. The number of hydrogen-bond acceptors (Lipinski definition) is 6. The average molecular weight is 358 g/mol. The SMILES string of the molecule is COc1ccc(S(=O)(=O)N2CCC(OCCCN)CC2)cc1OC. The Morgan fingerprint density at radius 2 is 1.83 bits per heavy atom. The van der Waals surface area contributed by atoms with Crippen molar-refractivity contribution >= 4 is 10.0 Å². The van der Waals surface area contributed by atoms with Crippen molar-refractivity contribution in [1.29, 1.82) is 0 Å². The monoisotopic (exact) mass is 358 g/mol. The van der Waals surface area contributed by atoms with Crippen molar-refractivity contribution < 1.29 is 22.6 Å². The van der Waals surface area contributed by atoms with E-state index >= 15 is 0 Å². The van der Waals surface area contributed by atoms with Crippen LogP contribution in [0.15, 0.2) is 23.1 Å². The highest BCUT2D eigenvalue weighted by molar-refractivity contribution is 7.89. The highest BCUT2D eigenvalue weighted by atomic mass is 32.2. The van der Waals surface area contributed by atoms with Crippen molar-refractivity contribution in [2.75, 3.05) is 40.5 Å². The molecule has 0 aromatic heterocycles. The summed E-state index contributed by atoms with van der Waals surface area (Å²) in [6.45, 7) is 2.13. The fourth-order valence-electron chi connectivity index (χ4n) is 2.70. The number of piperidine rings is 1. The van der Waals surface area contributed by atoms with Gasteiger partial charge in [0.15, 0.2) is 11.5 Å². The van der Waals surface area contributed by atoms with Crippen LogP contribution in [0.1, 0.15) is 19.3 Å². The second kappa shape index (κ2) is 8.66. The number of benzene rings is 1. The Labute approximate surface area is 143 Å². The summed E-state index contributed by atoms with van der Waals surface area (Å²) in [5, 5.41) is 0. The van der Waals surface area contributed by atoms with Gasteiger partial charge in [-0.15, -0.1) is 0 Å². The van der Waals surface area contributed by atoms with Crippen LogP contribution in [0.3, 0.4) is 0 Å². The lowest BCUT2D eigenvalue weighted by atomic mass is 10.1. The van der Waals surface area contributed by atoms with Gasteiger partial charge in [-0.1, -0.05) is 0 Å². The summed E-state index contributed by atoms with van der Waals surface area (Å²) in [5.74, 6) is 0.905. The molecule has 24 heavy (non-hydrogen) atoms. The highest BCUT2D eigenvalue weighted by Gasteiger charge is 2.30. The number of ether oxygens (including phenoxy) is 3. The lowest BCUT2D eigenvalue weighted by Crippen LogP contribution is -2.41. The molecule has 1 heterocycles. The van der Waals surface area contributed by atoms with Crippen LogP contribution in [0, 0.1) is 0 Å². The van der Waals surface area contributed by atoms with Crippen LogP contribution in [0.4, 0.5) is 0 Å². The van der Waals surface area contributed by atoms with E-state index in [1.54, 1.807) is 12.1 Å². The zero-order valence-electron chi connectivity index (χ0n) is 14.2. The third kappa shape index (κ3) is 4.38. The molecule has 1 aliphatic heterocycles. The van der Waals surface area contributed by atoms with Gasteiger partial charge >= 0.3 is 0 Å². The largest absolute Gasteiger partial charge is 0.493 e. The Balaban J connectivity index is 2.04. The van der Waals surface area contributed by atoms with Gasteiger partial charge in [-0.05, 0) is 37.9 Å². The molecule has 2 N–H and O–H groups in total. The molecule has 2 rings (SSSR count). The molecule has 1 aliphatic rings. The zero-order chi connectivity index (χ0) is 17.6. The minimum absolute atomic E-state index is 0.105. The van der Waals surface area contributed by atoms with E-state index < -0.39 is 10.0 Å². The van der Waals surface area contributed by atoms with Crippen molar-refractivity contribution in [1.82, 2.24) is 4.31 Å². The molecule has 1 fully saturated rings. The molecule has 0 aliphatic carbocycles. The molecule has 0 atom stereocenters. The number of nitrogens with zero attached hydrogens (tertiary/aromatic N) is 1. The summed E-state index contributed by atoms with van der Waals surface area (Å²) in [7, 11) is -0.546. The van der Waals surface area contributed by atoms with Crippen molar-refractivity contribution in [3.05, 3.63) is 18.2 Å². The Morgan fingerprint density at radius 3 is 2.42 bits per heavy atom. The Hall–Kier alpha value is -1.35. The zero-order valence-corrected chi connectivity index (χ0v) is 15.0. The maximum atomic E-state index is 12.8. The Bertz CT molecular complexity index is 627. The fraction of sp³-hybridized carbons (Fsp3) is 0.625. The molecule has 0 unspecified atom stereocenters. The van der Waals surface area contributed by atoms with E-state index in [4.69, 9.17) is 19.9 Å². The van der Waals surface area contributed by atoms with Crippen molar-refractivity contribution in [3.63, 3.8) is 0 Å². The van der Waals surface area contributed by atoms with E-state index in [9.17, 15) is 8.42 Å². The minimum Gasteiger partial charge on any atom is -0.493 e. The van der Waals surface area contributed by atoms with Gasteiger partial charge in [-0.2, -0.15) is 4.31 Å². The lowest BCUT2D eigenvalue weighted by molar-refractivity contribution is 0.0209. The smallest absolute Gasteiger partial charge is 0.243 e. The van der Waals surface area contributed by atoms with E-state index in [1.165, 1.54) is 24.6 Å². The maximum Gasteiger partial charge on any atom is 0.243 e. The van der Waals surface area contributed by atoms with Gasteiger partial charge < -0.3 is 19.9 Å². The number of sulfonamides is 1. The summed E-state index contributed by atoms with van der Waals surface area (Å²) >= 11 is 0. The van der Waals surface area contributed by atoms with Crippen LogP contribution >= 0.6 is 0 Å². The topological polar surface area (TPSA) is 91.1 Å². The van der Waals surface area contributed by atoms with E-state index in [-0.39, 0.29) is 11.0 Å². The first-order valence-electron chi connectivity index (χ1n) is 8.06. The van der Waals surface area contributed by atoms with Gasteiger partial charge in [0.1, 0.15) is 0 Å². The number of methoxy groups -OCH3 is 2. The average Bonchev–Trinajstić information content (AvgIpc) is 2.61. The van der Waals surface area contributed by atoms with Crippen LogP contribution in [0.2, 0.25) is 0 Å². The molecular formula is C16H26N2O5S. The van der Waals surface area contributed by atoms with Gasteiger partial charge in [0.25, 0.3) is 0 Å². The summed E-state index contributed by atoms with van der Waals surface area (Å²) < 4.78 is 43.1. The van der Waals surface area contributed by atoms with E-state index in [0.717, 1.165) is 6.42 Å². The second-order valence-electron chi connectivity index (χ2n) is 5.63. The predicted octanol–water partition coefficient (Wildman–Crippen LogP) is 1.22. The summed E-state index contributed by atoms with van der Waals surface area (Å²) in [4.78, 5) is 0.211. The standard InChI is InChI=1S/C16H26N2O5S/c1-21-15-5-4-14(12-16(15)22-2)24(19,20)18-9-6-13(7-10-18)23-11-3-8-17/h4-5,12-13H,3,6-11,17H2,1-2H3. The molecule has 1 saturated heterocycles. The van der Waals surface area contributed by atoms with Gasteiger partial charge in [0, 0.05) is 25.8 Å². The van der Waals surface area contributed by atoms with Gasteiger partial charge in [0.05, 0.1) is 25.2 Å². The maximum absolute atomic E-state index is 12.8. The lowest BCUT2D eigenvalue weighted by Gasteiger charge is -2.31. The third-order valence-corrected chi connectivity index (χ3v) is 5.99. The van der Waals surface area contributed by atoms with Crippen LogP contribution < -0.4 is 15.2 Å². The van der Waals surface area contributed by atoms with Crippen LogP contribution in [-0.2, 0) is 14.8 Å². The molecule has 0 radical (unpaired) electrons. The normalized spacial score (nSPS) is 17.0. The van der Waals surface area contributed by atoms with E-state index in [1.807, 2.05) is 0 Å². The predicted molar refractivity (Wildman–Crippen MR) is 91.0 cm³/mol. The molecule has 0 bridgehead atoms. The Kier molecular flexibility index (Phi) is 6.85. The summed E-state index contributed by atoms with van der Waals surface area (Å²) in [5.41, 5.74) is 5.45. The quantitative estimate of drug-likeness (QED) is 0.703. The summed E-state index contributed by atoms with van der Waals surface area (Å²) in [6, 6.07) is 4.65. The van der Waals surface area contributed by atoms with Crippen LogP contribution in [0.25, 0.3) is 0 Å². The van der Waals surface area contributed by atoms with E-state index in [0.29, 0.717) is 50.6 Å². The van der Waals surface area contributed by atoms with Crippen molar-refractivity contribution in [2.45, 2.75) is 30.3 Å². The first-order chi connectivity index (χ1) is 11.5. The van der Waals surface area contributed by atoms with Gasteiger partial charge in [0.2, 0.25) is 10.0 Å². The van der Waals surface area contributed by atoms with E-state index in [2.05, 4.69) is 0 Å². The molecule has 7 nitrogen and oxygen atoms in total. The fourth-order valence-corrected chi connectivity index (χ4v) is 4.18. The highest BCUT2D eigenvalue weighted by Crippen LogP contribution is 2.31. The Morgan fingerprint density at radius 1 is 1.17 bits per heavy atom. The number of rotatable bonds is 8. The minimum atomic E-state index is -3.55. The van der Waals surface area contributed by atoms with Crippen molar-refractivity contribution in [3.8, 4) is 11.5 Å². The van der Waals surface area contributed by atoms with Crippen LogP contribution in [-0.4, -0.2) is 59.3 Å². The number of nitrogens with two attached hydrogens (primary N) is 1. The first kappa shape index (κ1) is 19.0. The molecule has 1 aromatic rings. The second-order valence-corrected chi connectivity index (χ2v) is 7.57. The molecular weight excluding hydrogens is 332 g/mol. The van der Waals surface area contributed by atoms with Crippen LogP contribution in [0.5, 0.6) is 11.5 Å². The number of hydrogen-bond donors (Lipinski definition) is 1. The van der Waals surface area contributed by atoms with Gasteiger partial charge in [-0.3, -0.25) is 0 Å². The molecule has 1 aromatic carbocycles. The molecule has 0 saturated carbocycles. The molecule has 136 valence electrons. The molecule has 8 heteroatoms. The third-order valence-electron chi connectivity index (χ3n) is 4.10. The summed E-state index contributed by atoms with van der Waals surface area (Å²) in [6.07, 6.45) is 2.31. The van der Waals surface area contributed by atoms with Crippen molar-refractivity contribution in [2.24, 2.45) is 5.73 Å². The molecule has 0 spiro atoms.